The van der Waals surface area contributed by atoms with Gasteiger partial charge in [0, 0.05) is 20.5 Å². The summed E-state index contributed by atoms with van der Waals surface area (Å²) in [5.74, 6) is 1.92. The minimum absolute atomic E-state index is 0.199. The molecular formula is C17H32N2O. The zero-order valence-corrected chi connectivity index (χ0v) is 13.4. The van der Waals surface area contributed by atoms with E-state index in [4.69, 9.17) is 0 Å². The van der Waals surface area contributed by atoms with Gasteiger partial charge in [0.1, 0.15) is 0 Å². The van der Waals surface area contributed by atoms with Crippen molar-refractivity contribution >= 4 is 5.91 Å². The first-order valence-corrected chi connectivity index (χ1v) is 8.59. The van der Waals surface area contributed by atoms with Gasteiger partial charge in [-0.15, -0.1) is 0 Å². The van der Waals surface area contributed by atoms with Crippen LogP contribution in [0.1, 0.15) is 58.3 Å². The fourth-order valence-corrected chi connectivity index (χ4v) is 3.75. The molecule has 0 bridgehead atoms. The highest BCUT2D eigenvalue weighted by molar-refractivity contribution is 5.72. The number of likely N-dealkylation sites (tertiary alicyclic amines) is 1. The van der Waals surface area contributed by atoms with Gasteiger partial charge in [-0.3, -0.25) is 4.79 Å². The molecule has 3 heteroatoms. The van der Waals surface area contributed by atoms with Crippen LogP contribution in [0.4, 0.5) is 0 Å². The third kappa shape index (κ3) is 5.08. The highest BCUT2D eigenvalue weighted by atomic mass is 16.2. The molecule has 0 unspecified atom stereocenters. The number of carbonyl (C=O) groups excluding carboxylic acids is 1. The number of amides is 1. The Kier molecular flexibility index (Phi) is 6.34. The molecular weight excluding hydrogens is 248 g/mol. The van der Waals surface area contributed by atoms with Crippen LogP contribution >= 0.6 is 0 Å². The number of nitrogens with zero attached hydrogens (tertiary/aromatic N) is 2. The molecule has 1 saturated heterocycles. The first-order chi connectivity index (χ1) is 9.65. The Labute approximate surface area is 124 Å². The van der Waals surface area contributed by atoms with Gasteiger partial charge in [0.05, 0.1) is 0 Å². The predicted molar refractivity (Wildman–Crippen MR) is 83.7 cm³/mol. The smallest absolute Gasteiger partial charge is 0.219 e. The van der Waals surface area contributed by atoms with Crippen molar-refractivity contribution in [3.8, 4) is 0 Å². The minimum Gasteiger partial charge on any atom is -0.346 e. The number of hydrogen-bond donors (Lipinski definition) is 0. The molecule has 0 atom stereocenters. The molecule has 2 rings (SSSR count). The maximum absolute atomic E-state index is 11.3. The van der Waals surface area contributed by atoms with E-state index in [1.807, 2.05) is 11.9 Å². The lowest BCUT2D eigenvalue weighted by Crippen LogP contribution is -2.39. The Morgan fingerprint density at radius 2 is 1.70 bits per heavy atom. The minimum atomic E-state index is 0.199. The molecule has 2 aliphatic rings. The Bertz CT molecular complexity index is 291. The molecule has 0 N–H and O–H groups in total. The number of rotatable bonds is 5. The zero-order chi connectivity index (χ0) is 14.4. The molecule has 0 spiro atoms. The lowest BCUT2D eigenvalue weighted by Gasteiger charge is -2.34. The van der Waals surface area contributed by atoms with E-state index in [-0.39, 0.29) is 5.91 Å². The number of piperidine rings is 1. The lowest BCUT2D eigenvalue weighted by molar-refractivity contribution is -0.128. The van der Waals surface area contributed by atoms with Crippen molar-refractivity contribution in [3.63, 3.8) is 0 Å². The molecule has 1 aliphatic carbocycles. The van der Waals surface area contributed by atoms with Crippen LogP contribution in [0.5, 0.6) is 0 Å². The van der Waals surface area contributed by atoms with Gasteiger partial charge in [-0.2, -0.15) is 0 Å². The molecule has 116 valence electrons. The molecule has 0 aromatic rings. The van der Waals surface area contributed by atoms with Crippen LogP contribution in [0.25, 0.3) is 0 Å². The van der Waals surface area contributed by atoms with Crippen molar-refractivity contribution in [2.45, 2.75) is 58.3 Å². The quantitative estimate of drug-likeness (QED) is 0.772. The van der Waals surface area contributed by atoms with E-state index in [1.54, 1.807) is 6.92 Å². The topological polar surface area (TPSA) is 23.6 Å². The van der Waals surface area contributed by atoms with Gasteiger partial charge in [0.25, 0.3) is 0 Å². The molecule has 1 amide bonds. The molecule has 2 fully saturated rings. The van der Waals surface area contributed by atoms with Crippen molar-refractivity contribution in [3.05, 3.63) is 0 Å². The lowest BCUT2D eigenvalue weighted by atomic mass is 9.86. The first kappa shape index (κ1) is 15.8. The number of carbonyl (C=O) groups is 1. The third-order valence-electron chi connectivity index (χ3n) is 5.36. The molecule has 1 heterocycles. The van der Waals surface area contributed by atoms with Crippen LogP contribution in [0, 0.1) is 11.8 Å². The van der Waals surface area contributed by atoms with Crippen molar-refractivity contribution in [2.24, 2.45) is 11.8 Å². The molecule has 3 nitrogen and oxygen atoms in total. The van der Waals surface area contributed by atoms with Crippen LogP contribution in [-0.4, -0.2) is 48.9 Å². The third-order valence-corrected chi connectivity index (χ3v) is 5.36. The van der Waals surface area contributed by atoms with Crippen LogP contribution in [0.2, 0.25) is 0 Å². The zero-order valence-electron chi connectivity index (χ0n) is 13.4. The van der Waals surface area contributed by atoms with Gasteiger partial charge in [0.2, 0.25) is 5.91 Å². The Morgan fingerprint density at radius 1 is 1.05 bits per heavy atom. The van der Waals surface area contributed by atoms with Crippen LogP contribution < -0.4 is 0 Å². The summed E-state index contributed by atoms with van der Waals surface area (Å²) in [7, 11) is 1.93. The van der Waals surface area contributed by atoms with Crippen molar-refractivity contribution < 1.29 is 4.79 Å². The second kappa shape index (κ2) is 8.02. The molecule has 20 heavy (non-hydrogen) atoms. The van der Waals surface area contributed by atoms with Crippen molar-refractivity contribution in [1.82, 2.24) is 9.80 Å². The summed E-state index contributed by atoms with van der Waals surface area (Å²) in [6.45, 7) is 6.40. The molecule has 0 aromatic carbocycles. The summed E-state index contributed by atoms with van der Waals surface area (Å²) in [4.78, 5) is 15.8. The average Bonchev–Trinajstić information content (AvgIpc) is 2.47. The van der Waals surface area contributed by atoms with E-state index in [9.17, 15) is 4.79 Å². The number of hydrogen-bond acceptors (Lipinski definition) is 2. The van der Waals surface area contributed by atoms with E-state index in [2.05, 4.69) is 4.90 Å². The molecule has 0 aromatic heterocycles. The summed E-state index contributed by atoms with van der Waals surface area (Å²) in [6.07, 6.45) is 11.3. The van der Waals surface area contributed by atoms with Crippen molar-refractivity contribution in [2.75, 3.05) is 33.2 Å². The Hall–Kier alpha value is -0.570. The second-order valence-corrected chi connectivity index (χ2v) is 6.98. The van der Waals surface area contributed by atoms with Gasteiger partial charge >= 0.3 is 0 Å². The van der Waals surface area contributed by atoms with Gasteiger partial charge in [-0.1, -0.05) is 32.1 Å². The van der Waals surface area contributed by atoms with Crippen LogP contribution in [0.3, 0.4) is 0 Å². The van der Waals surface area contributed by atoms with E-state index in [1.165, 1.54) is 71.0 Å². The van der Waals surface area contributed by atoms with Gasteiger partial charge in [-0.25, -0.2) is 0 Å². The highest BCUT2D eigenvalue weighted by Crippen LogP contribution is 2.27. The highest BCUT2D eigenvalue weighted by Gasteiger charge is 2.22. The summed E-state index contributed by atoms with van der Waals surface area (Å²) >= 11 is 0. The first-order valence-electron chi connectivity index (χ1n) is 8.59. The maximum Gasteiger partial charge on any atom is 0.219 e. The Morgan fingerprint density at radius 3 is 2.30 bits per heavy atom. The standard InChI is InChI=1S/C17H32N2O/c1-15(20)18(2)14-17-9-12-19(13-10-17)11-8-16-6-4-3-5-7-16/h16-17H,3-14H2,1-2H3. The molecule has 1 saturated carbocycles. The average molecular weight is 280 g/mol. The second-order valence-electron chi connectivity index (χ2n) is 6.98. The van der Waals surface area contributed by atoms with E-state index in [0.717, 1.165) is 18.4 Å². The predicted octanol–water partition coefficient (Wildman–Crippen LogP) is 3.15. The van der Waals surface area contributed by atoms with Gasteiger partial charge in [0.15, 0.2) is 0 Å². The summed E-state index contributed by atoms with van der Waals surface area (Å²) in [6, 6.07) is 0. The largest absolute Gasteiger partial charge is 0.346 e. The fraction of sp³-hybridized carbons (Fsp3) is 0.941. The fourth-order valence-electron chi connectivity index (χ4n) is 3.75. The van der Waals surface area contributed by atoms with E-state index in [0.29, 0.717) is 0 Å². The summed E-state index contributed by atoms with van der Waals surface area (Å²) < 4.78 is 0. The monoisotopic (exact) mass is 280 g/mol. The van der Waals surface area contributed by atoms with Gasteiger partial charge < -0.3 is 9.80 Å². The van der Waals surface area contributed by atoms with E-state index < -0.39 is 0 Å². The Balaban J connectivity index is 1.60. The van der Waals surface area contributed by atoms with Gasteiger partial charge in [-0.05, 0) is 50.7 Å². The summed E-state index contributed by atoms with van der Waals surface area (Å²) in [5.41, 5.74) is 0. The molecule has 0 radical (unpaired) electrons. The van der Waals surface area contributed by atoms with Crippen LogP contribution in [-0.2, 0) is 4.79 Å². The van der Waals surface area contributed by atoms with E-state index >= 15 is 0 Å². The summed E-state index contributed by atoms with van der Waals surface area (Å²) in [5, 5.41) is 0. The SMILES string of the molecule is CC(=O)N(C)CC1CCN(CCC2CCCCC2)CC1. The normalized spacial score (nSPS) is 22.9. The maximum atomic E-state index is 11.3. The van der Waals surface area contributed by atoms with Crippen molar-refractivity contribution in [1.29, 1.82) is 0 Å². The molecule has 1 aliphatic heterocycles. The van der Waals surface area contributed by atoms with Crippen LogP contribution in [0.15, 0.2) is 0 Å².